The predicted octanol–water partition coefficient (Wildman–Crippen LogP) is 4.44. The van der Waals surface area contributed by atoms with E-state index >= 15 is 0 Å². The summed E-state index contributed by atoms with van der Waals surface area (Å²) in [5.74, 6) is 1.63. The lowest BCUT2D eigenvalue weighted by atomic mass is 10.2. The Morgan fingerprint density at radius 3 is 2.55 bits per heavy atom. The van der Waals surface area contributed by atoms with E-state index in [1.165, 1.54) is 7.11 Å². The van der Waals surface area contributed by atoms with E-state index < -0.39 is 0 Å². The molecular formula is C16H13BrClNO3. The lowest BCUT2D eigenvalue weighted by molar-refractivity contribution is 0.210. The van der Waals surface area contributed by atoms with Gasteiger partial charge in [0.25, 0.3) is 0 Å². The third kappa shape index (κ3) is 4.06. The van der Waals surface area contributed by atoms with E-state index in [2.05, 4.69) is 22.0 Å². The molecule has 0 aliphatic rings. The largest absolute Gasteiger partial charge is 0.493 e. The van der Waals surface area contributed by atoms with Gasteiger partial charge in [-0.2, -0.15) is 5.26 Å². The van der Waals surface area contributed by atoms with Gasteiger partial charge in [0.2, 0.25) is 0 Å². The van der Waals surface area contributed by atoms with Crippen molar-refractivity contribution in [3.8, 4) is 23.3 Å². The fourth-order valence-corrected chi connectivity index (χ4v) is 2.53. The van der Waals surface area contributed by atoms with Crippen LogP contribution in [0.15, 0.2) is 40.9 Å². The first-order chi connectivity index (χ1) is 10.7. The average Bonchev–Trinajstić information content (AvgIpc) is 2.53. The summed E-state index contributed by atoms with van der Waals surface area (Å²) in [5, 5.41) is 9.49. The second-order valence-electron chi connectivity index (χ2n) is 4.23. The first-order valence-corrected chi connectivity index (χ1v) is 7.60. The van der Waals surface area contributed by atoms with E-state index in [0.717, 1.165) is 0 Å². The van der Waals surface area contributed by atoms with Crippen molar-refractivity contribution in [2.75, 3.05) is 20.3 Å². The number of hydrogen-bond acceptors (Lipinski definition) is 4. The standard InChI is InChI=1S/C16H13BrClNO3/c1-20-15-9-11(10-19)8-12(17)16(15)22-7-6-21-14-5-3-2-4-13(14)18/h2-5,8-9H,6-7H2,1H3. The van der Waals surface area contributed by atoms with Crippen LogP contribution in [-0.4, -0.2) is 20.3 Å². The van der Waals surface area contributed by atoms with Gasteiger partial charge in [0.1, 0.15) is 19.0 Å². The molecule has 114 valence electrons. The Balaban J connectivity index is 1.98. The van der Waals surface area contributed by atoms with Gasteiger partial charge in [-0.1, -0.05) is 23.7 Å². The van der Waals surface area contributed by atoms with Gasteiger partial charge in [0.15, 0.2) is 11.5 Å². The topological polar surface area (TPSA) is 51.5 Å². The van der Waals surface area contributed by atoms with Gasteiger partial charge in [-0.15, -0.1) is 0 Å². The Labute approximate surface area is 142 Å². The monoisotopic (exact) mass is 381 g/mol. The highest BCUT2D eigenvalue weighted by molar-refractivity contribution is 9.10. The molecule has 0 atom stereocenters. The molecule has 6 heteroatoms. The SMILES string of the molecule is COc1cc(C#N)cc(Br)c1OCCOc1ccccc1Cl. The molecule has 0 bridgehead atoms. The van der Waals surface area contributed by atoms with E-state index in [4.69, 9.17) is 31.1 Å². The van der Waals surface area contributed by atoms with Gasteiger partial charge >= 0.3 is 0 Å². The summed E-state index contributed by atoms with van der Waals surface area (Å²) in [6.07, 6.45) is 0. The molecule has 2 aromatic rings. The molecule has 0 spiro atoms. The molecule has 0 amide bonds. The lowest BCUT2D eigenvalue weighted by Crippen LogP contribution is -2.10. The van der Waals surface area contributed by atoms with Crippen LogP contribution in [0.3, 0.4) is 0 Å². The number of hydrogen-bond donors (Lipinski definition) is 0. The van der Waals surface area contributed by atoms with Crippen LogP contribution >= 0.6 is 27.5 Å². The summed E-state index contributed by atoms with van der Waals surface area (Å²) in [4.78, 5) is 0. The maximum absolute atomic E-state index is 8.94. The minimum absolute atomic E-state index is 0.312. The maximum Gasteiger partial charge on any atom is 0.175 e. The Hall–Kier alpha value is -1.90. The maximum atomic E-state index is 8.94. The van der Waals surface area contributed by atoms with Gasteiger partial charge in [0, 0.05) is 6.07 Å². The summed E-state index contributed by atoms with van der Waals surface area (Å²) in [6.45, 7) is 0.644. The second-order valence-corrected chi connectivity index (χ2v) is 5.49. The zero-order chi connectivity index (χ0) is 15.9. The summed E-state index contributed by atoms with van der Waals surface area (Å²) >= 11 is 9.37. The fraction of sp³-hybridized carbons (Fsp3) is 0.188. The molecule has 0 N–H and O–H groups in total. The van der Waals surface area contributed by atoms with E-state index in [-0.39, 0.29) is 0 Å². The van der Waals surface area contributed by atoms with E-state index in [0.29, 0.717) is 45.5 Å². The van der Waals surface area contributed by atoms with Crippen molar-refractivity contribution in [2.45, 2.75) is 0 Å². The molecule has 0 aliphatic heterocycles. The summed E-state index contributed by atoms with van der Waals surface area (Å²) in [5.41, 5.74) is 0.489. The smallest absolute Gasteiger partial charge is 0.175 e. The lowest BCUT2D eigenvalue weighted by Gasteiger charge is -2.13. The molecule has 0 heterocycles. The van der Waals surface area contributed by atoms with E-state index in [1.54, 1.807) is 24.3 Å². The first kappa shape index (κ1) is 16.5. The van der Waals surface area contributed by atoms with Gasteiger partial charge in [0.05, 0.1) is 28.2 Å². The fourth-order valence-electron chi connectivity index (χ4n) is 1.78. The van der Waals surface area contributed by atoms with Gasteiger partial charge in [-0.05, 0) is 34.1 Å². The molecule has 0 saturated carbocycles. The van der Waals surface area contributed by atoms with Crippen molar-refractivity contribution >= 4 is 27.5 Å². The van der Waals surface area contributed by atoms with Crippen molar-refractivity contribution in [3.63, 3.8) is 0 Å². The van der Waals surface area contributed by atoms with Crippen LogP contribution in [0, 0.1) is 11.3 Å². The third-order valence-electron chi connectivity index (χ3n) is 2.78. The van der Waals surface area contributed by atoms with Crippen LogP contribution in [0.1, 0.15) is 5.56 Å². The van der Waals surface area contributed by atoms with Crippen LogP contribution in [0.25, 0.3) is 0 Å². The first-order valence-electron chi connectivity index (χ1n) is 6.43. The molecule has 0 aliphatic carbocycles. The number of halogens is 2. The number of benzene rings is 2. The van der Waals surface area contributed by atoms with Crippen LogP contribution in [0.4, 0.5) is 0 Å². The predicted molar refractivity (Wildman–Crippen MR) is 87.9 cm³/mol. The van der Waals surface area contributed by atoms with Crippen molar-refractivity contribution in [3.05, 3.63) is 51.5 Å². The molecule has 0 radical (unpaired) electrons. The molecule has 2 rings (SSSR count). The number of para-hydroxylation sites is 1. The van der Waals surface area contributed by atoms with Crippen LogP contribution in [-0.2, 0) is 0 Å². The normalized spacial score (nSPS) is 9.91. The number of nitrogens with zero attached hydrogens (tertiary/aromatic N) is 1. The highest BCUT2D eigenvalue weighted by Gasteiger charge is 2.11. The zero-order valence-corrected chi connectivity index (χ0v) is 14.1. The van der Waals surface area contributed by atoms with Crippen molar-refractivity contribution in [2.24, 2.45) is 0 Å². The van der Waals surface area contributed by atoms with Crippen molar-refractivity contribution in [1.82, 2.24) is 0 Å². The summed E-state index contributed by atoms with van der Waals surface area (Å²) in [7, 11) is 1.52. The molecule has 4 nitrogen and oxygen atoms in total. The molecule has 2 aromatic carbocycles. The van der Waals surface area contributed by atoms with E-state index in [9.17, 15) is 0 Å². The quantitative estimate of drug-likeness (QED) is 0.693. The van der Waals surface area contributed by atoms with Crippen LogP contribution in [0.2, 0.25) is 5.02 Å². The van der Waals surface area contributed by atoms with Crippen LogP contribution < -0.4 is 14.2 Å². The molecule has 22 heavy (non-hydrogen) atoms. The molecule has 0 saturated heterocycles. The van der Waals surface area contributed by atoms with Gasteiger partial charge < -0.3 is 14.2 Å². The second kappa shape index (κ2) is 7.92. The minimum atomic E-state index is 0.312. The van der Waals surface area contributed by atoms with Crippen LogP contribution in [0.5, 0.6) is 17.2 Å². The Morgan fingerprint density at radius 1 is 1.14 bits per heavy atom. The number of methoxy groups -OCH3 is 1. The Bertz CT molecular complexity index is 700. The molecule has 0 aromatic heterocycles. The van der Waals surface area contributed by atoms with Gasteiger partial charge in [-0.25, -0.2) is 0 Å². The third-order valence-corrected chi connectivity index (χ3v) is 3.68. The summed E-state index contributed by atoms with van der Waals surface area (Å²) in [6, 6.07) is 12.6. The minimum Gasteiger partial charge on any atom is -0.493 e. The highest BCUT2D eigenvalue weighted by Crippen LogP contribution is 2.36. The zero-order valence-electron chi connectivity index (χ0n) is 11.8. The number of nitriles is 1. The molecule has 0 fully saturated rings. The highest BCUT2D eigenvalue weighted by atomic mass is 79.9. The summed E-state index contributed by atoms with van der Waals surface area (Å²) < 4.78 is 17.1. The molecule has 0 unspecified atom stereocenters. The van der Waals surface area contributed by atoms with Crippen molar-refractivity contribution < 1.29 is 14.2 Å². The van der Waals surface area contributed by atoms with Gasteiger partial charge in [-0.3, -0.25) is 0 Å². The van der Waals surface area contributed by atoms with E-state index in [1.807, 2.05) is 12.1 Å². The Kier molecular flexibility index (Phi) is 5.93. The average molecular weight is 383 g/mol. The molecular weight excluding hydrogens is 370 g/mol. The Morgan fingerprint density at radius 2 is 1.86 bits per heavy atom. The number of rotatable bonds is 6. The number of ether oxygens (including phenoxy) is 3. The van der Waals surface area contributed by atoms with Crippen molar-refractivity contribution in [1.29, 1.82) is 5.26 Å².